The lowest BCUT2D eigenvalue weighted by Gasteiger charge is -2.11. The van der Waals surface area contributed by atoms with Crippen LogP contribution in [0.2, 0.25) is 0 Å². The summed E-state index contributed by atoms with van der Waals surface area (Å²) < 4.78 is 7.62. The molecule has 0 bridgehead atoms. The van der Waals surface area contributed by atoms with Gasteiger partial charge in [-0.3, -0.25) is 9.48 Å². The van der Waals surface area contributed by atoms with E-state index in [1.165, 1.54) is 0 Å². The second-order valence-corrected chi connectivity index (χ2v) is 7.48. The number of rotatable bonds is 10. The largest absolute Gasteiger partial charge is 0.492 e. The van der Waals surface area contributed by atoms with Crippen molar-refractivity contribution in [2.45, 2.75) is 26.4 Å². The summed E-state index contributed by atoms with van der Waals surface area (Å²) in [7, 11) is 4.04. The van der Waals surface area contributed by atoms with Gasteiger partial charge in [-0.2, -0.15) is 5.10 Å². The van der Waals surface area contributed by atoms with Gasteiger partial charge < -0.3 is 15.0 Å². The predicted molar refractivity (Wildman–Crippen MR) is 119 cm³/mol. The number of hydrogen-bond donors (Lipinski definition) is 1. The Morgan fingerprint density at radius 1 is 1.07 bits per heavy atom. The molecule has 0 saturated heterocycles. The lowest BCUT2D eigenvalue weighted by molar-refractivity contribution is 0.0950. The molecule has 0 aliphatic carbocycles. The molecule has 0 aliphatic rings. The molecule has 2 aromatic carbocycles. The molecule has 0 atom stereocenters. The molecule has 0 aliphatic heterocycles. The Kier molecular flexibility index (Phi) is 7.63. The van der Waals surface area contributed by atoms with E-state index in [0.717, 1.165) is 35.5 Å². The third-order valence-electron chi connectivity index (χ3n) is 4.89. The summed E-state index contributed by atoms with van der Waals surface area (Å²) in [4.78, 5) is 14.8. The molecule has 1 amide bonds. The second-order valence-electron chi connectivity index (χ2n) is 7.48. The topological polar surface area (TPSA) is 59.4 Å². The zero-order valence-corrected chi connectivity index (χ0v) is 18.0. The number of aromatic nitrogens is 2. The molecular formula is C24H30N4O2. The Hall–Kier alpha value is -3.12. The predicted octanol–water partition coefficient (Wildman–Crippen LogP) is 3.36. The van der Waals surface area contributed by atoms with Crippen LogP contribution in [0, 0.1) is 0 Å². The van der Waals surface area contributed by atoms with Gasteiger partial charge in [0.15, 0.2) is 0 Å². The summed E-state index contributed by atoms with van der Waals surface area (Å²) in [5.41, 5.74) is 3.77. The minimum absolute atomic E-state index is 0.0996. The first-order chi connectivity index (χ1) is 14.6. The number of ether oxygens (including phenoxy) is 1. The Morgan fingerprint density at radius 3 is 2.47 bits per heavy atom. The number of benzene rings is 2. The first-order valence-electron chi connectivity index (χ1n) is 10.3. The molecule has 6 nitrogen and oxygen atoms in total. The van der Waals surface area contributed by atoms with E-state index in [1.54, 1.807) is 6.20 Å². The zero-order chi connectivity index (χ0) is 21.3. The van der Waals surface area contributed by atoms with Crippen molar-refractivity contribution >= 4 is 5.91 Å². The van der Waals surface area contributed by atoms with Gasteiger partial charge in [0.25, 0.3) is 5.91 Å². The van der Waals surface area contributed by atoms with E-state index >= 15 is 0 Å². The van der Waals surface area contributed by atoms with Crippen molar-refractivity contribution < 1.29 is 9.53 Å². The van der Waals surface area contributed by atoms with Gasteiger partial charge in [-0.25, -0.2) is 0 Å². The fourth-order valence-corrected chi connectivity index (χ4v) is 3.19. The molecule has 0 spiro atoms. The van der Waals surface area contributed by atoms with Gasteiger partial charge in [0.1, 0.15) is 12.4 Å². The summed E-state index contributed by atoms with van der Waals surface area (Å²) >= 11 is 0. The third-order valence-corrected chi connectivity index (χ3v) is 4.89. The SMILES string of the molecule is CCc1c(C(=O)NCc2ccc(OCCN(C)C)cc2)cnn1Cc1ccccc1. The average Bonchev–Trinajstić information content (AvgIpc) is 3.16. The molecule has 6 heteroatoms. The number of amides is 1. The number of carbonyl (C=O) groups is 1. The third kappa shape index (κ3) is 5.94. The standard InChI is InChI=1S/C24H30N4O2/c1-4-23-22(17-26-28(23)18-20-8-6-5-7-9-20)24(29)25-16-19-10-12-21(13-11-19)30-15-14-27(2)3/h5-13,17H,4,14-16,18H2,1-3H3,(H,25,29). The normalized spacial score (nSPS) is 10.9. The van der Waals surface area contributed by atoms with Crippen LogP contribution in [-0.4, -0.2) is 47.8 Å². The molecule has 1 N–H and O–H groups in total. The number of nitrogens with zero attached hydrogens (tertiary/aromatic N) is 3. The van der Waals surface area contributed by atoms with Gasteiger partial charge in [0.05, 0.1) is 24.0 Å². The number of carbonyl (C=O) groups excluding carboxylic acids is 1. The Balaban J connectivity index is 1.57. The van der Waals surface area contributed by atoms with Crippen molar-refractivity contribution in [3.63, 3.8) is 0 Å². The summed E-state index contributed by atoms with van der Waals surface area (Å²) in [6, 6.07) is 18.0. The highest BCUT2D eigenvalue weighted by atomic mass is 16.5. The summed E-state index contributed by atoms with van der Waals surface area (Å²) in [5.74, 6) is 0.736. The summed E-state index contributed by atoms with van der Waals surface area (Å²) in [5, 5.41) is 7.45. The number of hydrogen-bond acceptors (Lipinski definition) is 4. The van der Waals surface area contributed by atoms with E-state index in [2.05, 4.69) is 27.4 Å². The molecule has 30 heavy (non-hydrogen) atoms. The first-order valence-corrected chi connectivity index (χ1v) is 10.3. The van der Waals surface area contributed by atoms with Gasteiger partial charge in [-0.15, -0.1) is 0 Å². The van der Waals surface area contributed by atoms with E-state index in [0.29, 0.717) is 25.3 Å². The van der Waals surface area contributed by atoms with Gasteiger partial charge in [-0.05, 0) is 43.8 Å². The molecule has 0 unspecified atom stereocenters. The highest BCUT2D eigenvalue weighted by molar-refractivity contribution is 5.95. The highest BCUT2D eigenvalue weighted by Crippen LogP contribution is 2.14. The average molecular weight is 407 g/mol. The van der Waals surface area contributed by atoms with Crippen molar-refractivity contribution in [1.29, 1.82) is 0 Å². The molecule has 1 aromatic heterocycles. The molecule has 3 aromatic rings. The van der Waals surface area contributed by atoms with Crippen LogP contribution in [-0.2, 0) is 19.5 Å². The lowest BCUT2D eigenvalue weighted by atomic mass is 10.1. The van der Waals surface area contributed by atoms with Crippen LogP contribution in [0.4, 0.5) is 0 Å². The van der Waals surface area contributed by atoms with Gasteiger partial charge in [0, 0.05) is 13.1 Å². The molecule has 1 heterocycles. The van der Waals surface area contributed by atoms with E-state index in [1.807, 2.05) is 68.2 Å². The first kappa shape index (κ1) is 21.6. The van der Waals surface area contributed by atoms with Crippen LogP contribution < -0.4 is 10.1 Å². The fourth-order valence-electron chi connectivity index (χ4n) is 3.19. The van der Waals surface area contributed by atoms with Crippen molar-refractivity contribution in [1.82, 2.24) is 20.0 Å². The number of nitrogens with one attached hydrogen (secondary N) is 1. The molecule has 158 valence electrons. The van der Waals surface area contributed by atoms with E-state index in [9.17, 15) is 4.79 Å². The van der Waals surface area contributed by atoms with Crippen LogP contribution in [0.3, 0.4) is 0 Å². The summed E-state index contributed by atoms with van der Waals surface area (Å²) in [6.07, 6.45) is 2.41. The minimum atomic E-state index is -0.0996. The Morgan fingerprint density at radius 2 is 1.80 bits per heavy atom. The smallest absolute Gasteiger partial charge is 0.255 e. The molecule has 3 rings (SSSR count). The highest BCUT2D eigenvalue weighted by Gasteiger charge is 2.16. The van der Waals surface area contributed by atoms with Crippen LogP contribution in [0.1, 0.15) is 34.1 Å². The van der Waals surface area contributed by atoms with Crippen LogP contribution in [0.25, 0.3) is 0 Å². The monoisotopic (exact) mass is 406 g/mol. The maximum Gasteiger partial charge on any atom is 0.255 e. The maximum atomic E-state index is 12.7. The van der Waals surface area contributed by atoms with E-state index < -0.39 is 0 Å². The van der Waals surface area contributed by atoms with Gasteiger partial charge in [-0.1, -0.05) is 49.4 Å². The van der Waals surface area contributed by atoms with Crippen LogP contribution in [0.15, 0.2) is 60.8 Å². The summed E-state index contributed by atoms with van der Waals surface area (Å²) in [6.45, 7) is 4.69. The molecule has 0 fully saturated rings. The van der Waals surface area contributed by atoms with Crippen LogP contribution >= 0.6 is 0 Å². The van der Waals surface area contributed by atoms with E-state index in [-0.39, 0.29) is 5.91 Å². The Bertz CT molecular complexity index is 934. The van der Waals surface area contributed by atoms with Gasteiger partial charge in [0.2, 0.25) is 0 Å². The molecule has 0 saturated carbocycles. The van der Waals surface area contributed by atoms with Crippen molar-refractivity contribution in [3.8, 4) is 5.75 Å². The Labute approximate surface area is 178 Å². The maximum absolute atomic E-state index is 12.7. The van der Waals surface area contributed by atoms with Crippen molar-refractivity contribution in [2.24, 2.45) is 0 Å². The zero-order valence-electron chi connectivity index (χ0n) is 18.0. The minimum Gasteiger partial charge on any atom is -0.492 e. The fraction of sp³-hybridized carbons (Fsp3) is 0.333. The van der Waals surface area contributed by atoms with E-state index in [4.69, 9.17) is 4.74 Å². The van der Waals surface area contributed by atoms with Crippen LogP contribution in [0.5, 0.6) is 5.75 Å². The molecule has 0 radical (unpaired) electrons. The van der Waals surface area contributed by atoms with Gasteiger partial charge >= 0.3 is 0 Å². The molecular weight excluding hydrogens is 376 g/mol. The number of likely N-dealkylation sites (N-methyl/N-ethyl adjacent to an activating group) is 1. The lowest BCUT2D eigenvalue weighted by Crippen LogP contribution is -2.24. The second kappa shape index (κ2) is 10.6. The van der Waals surface area contributed by atoms with Crippen molar-refractivity contribution in [2.75, 3.05) is 27.2 Å². The van der Waals surface area contributed by atoms with Crippen molar-refractivity contribution in [3.05, 3.63) is 83.2 Å². The quantitative estimate of drug-likeness (QED) is 0.561.